The number of H-pyrrole nitrogens is 1. The topological polar surface area (TPSA) is 86.4 Å². The summed E-state index contributed by atoms with van der Waals surface area (Å²) in [5, 5.41) is 0. The average Bonchev–Trinajstić information content (AvgIpc) is 3.20. The van der Waals surface area contributed by atoms with Crippen LogP contribution < -0.4 is 5.56 Å². The molecule has 2 aromatic rings. The molecule has 4 rings (SSSR count). The number of nitrogens with one attached hydrogen (secondary N) is 1. The summed E-state index contributed by atoms with van der Waals surface area (Å²) in [5.74, 6) is 0.257. The first-order valence-electron chi connectivity index (χ1n) is 9.12. The van der Waals surface area contributed by atoms with Gasteiger partial charge in [0.15, 0.2) is 0 Å². The number of aryl methyl sites for hydroxylation is 1. The van der Waals surface area contributed by atoms with Gasteiger partial charge in [-0.3, -0.25) is 19.4 Å². The Balaban J connectivity index is 1.62. The van der Waals surface area contributed by atoms with E-state index < -0.39 is 0 Å². The molecule has 0 aliphatic carbocycles. The van der Waals surface area contributed by atoms with Crippen molar-refractivity contribution in [2.45, 2.75) is 19.9 Å². The van der Waals surface area contributed by atoms with Crippen LogP contribution in [0.25, 0.3) is 0 Å². The van der Waals surface area contributed by atoms with Gasteiger partial charge in [0, 0.05) is 38.4 Å². The zero-order valence-electron chi connectivity index (χ0n) is 15.4. The first kappa shape index (κ1) is 17.5. The summed E-state index contributed by atoms with van der Waals surface area (Å²) in [7, 11) is 0. The van der Waals surface area contributed by atoms with Gasteiger partial charge in [-0.1, -0.05) is 24.3 Å². The van der Waals surface area contributed by atoms with Crippen molar-refractivity contribution in [2.24, 2.45) is 11.8 Å². The van der Waals surface area contributed by atoms with Gasteiger partial charge in [-0.25, -0.2) is 0 Å². The lowest BCUT2D eigenvalue weighted by molar-refractivity contribution is -0.130. The van der Waals surface area contributed by atoms with Crippen molar-refractivity contribution in [3.63, 3.8) is 0 Å². The minimum absolute atomic E-state index is 0.0283. The second kappa shape index (κ2) is 6.64. The van der Waals surface area contributed by atoms with Crippen LogP contribution in [0.2, 0.25) is 0 Å². The third kappa shape index (κ3) is 3.03. The van der Waals surface area contributed by atoms with Crippen molar-refractivity contribution in [1.29, 1.82) is 0 Å². The molecular formula is C20H22N4O3. The molecule has 1 aromatic heterocycles. The number of hydrogen-bond acceptors (Lipinski definition) is 4. The summed E-state index contributed by atoms with van der Waals surface area (Å²) in [6.07, 6.45) is 2.53. The molecule has 2 fully saturated rings. The van der Waals surface area contributed by atoms with E-state index in [1.165, 1.54) is 6.20 Å². The Morgan fingerprint density at radius 2 is 1.93 bits per heavy atom. The maximum Gasteiger partial charge on any atom is 0.271 e. The maximum atomic E-state index is 12.8. The van der Waals surface area contributed by atoms with Crippen LogP contribution in [0.5, 0.6) is 0 Å². The molecule has 1 aromatic carbocycles. The molecule has 3 atom stereocenters. The van der Waals surface area contributed by atoms with Crippen LogP contribution >= 0.6 is 0 Å². The summed E-state index contributed by atoms with van der Waals surface area (Å²) >= 11 is 0. The molecule has 7 nitrogen and oxygen atoms in total. The minimum Gasteiger partial charge on any atom is -0.337 e. The van der Waals surface area contributed by atoms with E-state index in [-0.39, 0.29) is 40.9 Å². The first-order valence-corrected chi connectivity index (χ1v) is 9.12. The Kier molecular flexibility index (Phi) is 4.30. The summed E-state index contributed by atoms with van der Waals surface area (Å²) in [4.78, 5) is 46.6. The van der Waals surface area contributed by atoms with Gasteiger partial charge in [0.1, 0.15) is 5.69 Å². The second-order valence-corrected chi connectivity index (χ2v) is 7.42. The highest BCUT2D eigenvalue weighted by molar-refractivity contribution is 5.92. The van der Waals surface area contributed by atoms with E-state index in [0.717, 1.165) is 17.3 Å². The van der Waals surface area contributed by atoms with Gasteiger partial charge in [-0.2, -0.15) is 0 Å². The van der Waals surface area contributed by atoms with Crippen LogP contribution in [0.15, 0.2) is 41.5 Å². The largest absolute Gasteiger partial charge is 0.337 e. The summed E-state index contributed by atoms with van der Waals surface area (Å²) in [6, 6.07) is 8.08. The van der Waals surface area contributed by atoms with Crippen LogP contribution in [0.4, 0.5) is 0 Å². The summed E-state index contributed by atoms with van der Waals surface area (Å²) in [5.41, 5.74) is 2.11. The minimum atomic E-state index is -0.388. The highest BCUT2D eigenvalue weighted by Gasteiger charge is 2.49. The third-order valence-electron chi connectivity index (χ3n) is 5.75. The standard InChI is InChI=1S/C20H22N4O3/c1-12-5-3-4-6-15(12)19-16-11-23(9-14(16)10-24(19)13(2)25)20(27)17-7-21-8-18(26)22-17/h3-8,14,16,19H,9-11H2,1-2H3,(H,22,26)/t14-,16-,19+/m1/s1. The average molecular weight is 366 g/mol. The lowest BCUT2D eigenvalue weighted by Gasteiger charge is -2.30. The molecule has 2 saturated heterocycles. The normalized spacial score (nSPS) is 24.1. The zero-order valence-corrected chi connectivity index (χ0v) is 15.4. The van der Waals surface area contributed by atoms with Crippen molar-refractivity contribution < 1.29 is 9.59 Å². The molecule has 0 unspecified atom stereocenters. The van der Waals surface area contributed by atoms with Crippen LogP contribution in [0.1, 0.15) is 34.6 Å². The van der Waals surface area contributed by atoms with Crippen molar-refractivity contribution in [3.8, 4) is 0 Å². The number of carbonyl (C=O) groups excluding carboxylic acids is 2. The molecule has 2 aliphatic rings. The molecule has 2 amide bonds. The number of likely N-dealkylation sites (tertiary alicyclic amines) is 2. The lowest BCUT2D eigenvalue weighted by Crippen LogP contribution is -2.37. The summed E-state index contributed by atoms with van der Waals surface area (Å²) in [6.45, 7) is 5.44. The van der Waals surface area contributed by atoms with Crippen molar-refractivity contribution >= 4 is 11.8 Å². The number of rotatable bonds is 2. The number of amides is 2. The number of aromatic nitrogens is 2. The number of aromatic amines is 1. The lowest BCUT2D eigenvalue weighted by atomic mass is 9.87. The van der Waals surface area contributed by atoms with Gasteiger partial charge < -0.3 is 14.8 Å². The van der Waals surface area contributed by atoms with E-state index in [2.05, 4.69) is 29.0 Å². The fourth-order valence-electron chi connectivity index (χ4n) is 4.51. The highest BCUT2D eigenvalue weighted by atomic mass is 16.2. The SMILES string of the molecule is CC(=O)N1C[C@H]2CN(C(=O)c3cncc(=O)[nH]3)C[C@H]2[C@@H]1c1ccccc1C. The molecule has 7 heteroatoms. The molecule has 2 aliphatic heterocycles. The van der Waals surface area contributed by atoms with Crippen LogP contribution in [-0.2, 0) is 4.79 Å². The predicted octanol–water partition coefficient (Wildman–Crippen LogP) is 1.37. The first-order chi connectivity index (χ1) is 13.0. The molecule has 0 radical (unpaired) electrons. The van der Waals surface area contributed by atoms with Gasteiger partial charge >= 0.3 is 0 Å². The van der Waals surface area contributed by atoms with E-state index in [1.807, 2.05) is 17.0 Å². The van der Waals surface area contributed by atoms with Crippen molar-refractivity contribution in [1.82, 2.24) is 19.8 Å². The Labute approximate surface area is 157 Å². The summed E-state index contributed by atoms with van der Waals surface area (Å²) < 4.78 is 0. The zero-order chi connectivity index (χ0) is 19.1. The van der Waals surface area contributed by atoms with Gasteiger partial charge in [0.2, 0.25) is 5.91 Å². The molecular weight excluding hydrogens is 344 g/mol. The smallest absolute Gasteiger partial charge is 0.271 e. The number of benzene rings is 1. The Hall–Kier alpha value is -2.96. The fourth-order valence-corrected chi connectivity index (χ4v) is 4.51. The fraction of sp³-hybridized carbons (Fsp3) is 0.400. The molecule has 140 valence electrons. The number of carbonyl (C=O) groups is 2. The van der Waals surface area contributed by atoms with Crippen LogP contribution in [-0.4, -0.2) is 51.2 Å². The Morgan fingerprint density at radius 1 is 1.15 bits per heavy atom. The van der Waals surface area contributed by atoms with Crippen LogP contribution in [0.3, 0.4) is 0 Å². The molecule has 0 saturated carbocycles. The second-order valence-electron chi connectivity index (χ2n) is 7.42. The van der Waals surface area contributed by atoms with E-state index >= 15 is 0 Å². The van der Waals surface area contributed by atoms with Crippen molar-refractivity contribution in [2.75, 3.05) is 19.6 Å². The van der Waals surface area contributed by atoms with Gasteiger partial charge in [0.05, 0.1) is 18.4 Å². The van der Waals surface area contributed by atoms with Crippen molar-refractivity contribution in [3.05, 3.63) is 63.8 Å². The number of nitrogens with zero attached hydrogens (tertiary/aromatic N) is 3. The third-order valence-corrected chi connectivity index (χ3v) is 5.75. The molecule has 27 heavy (non-hydrogen) atoms. The number of fused-ring (bicyclic) bond motifs is 1. The Morgan fingerprint density at radius 3 is 2.63 bits per heavy atom. The van der Waals surface area contributed by atoms with E-state index in [9.17, 15) is 14.4 Å². The van der Waals surface area contributed by atoms with Gasteiger partial charge in [-0.05, 0) is 18.1 Å². The molecule has 3 heterocycles. The highest BCUT2D eigenvalue weighted by Crippen LogP contribution is 2.45. The quantitative estimate of drug-likeness (QED) is 0.870. The van der Waals surface area contributed by atoms with Gasteiger partial charge in [0.25, 0.3) is 11.5 Å². The van der Waals surface area contributed by atoms with E-state index in [4.69, 9.17) is 0 Å². The van der Waals surface area contributed by atoms with Gasteiger partial charge in [-0.15, -0.1) is 0 Å². The molecule has 0 bridgehead atoms. The molecule has 0 spiro atoms. The van der Waals surface area contributed by atoms with E-state index in [1.54, 1.807) is 11.8 Å². The Bertz CT molecular complexity index is 954. The van der Waals surface area contributed by atoms with Crippen LogP contribution in [0, 0.1) is 18.8 Å². The van der Waals surface area contributed by atoms with E-state index in [0.29, 0.717) is 19.6 Å². The predicted molar refractivity (Wildman–Crippen MR) is 99.0 cm³/mol. The monoisotopic (exact) mass is 366 g/mol. The maximum absolute atomic E-state index is 12.8. The number of hydrogen-bond donors (Lipinski definition) is 1. The molecule has 1 N–H and O–H groups in total.